The summed E-state index contributed by atoms with van der Waals surface area (Å²) < 4.78 is 109. The highest BCUT2D eigenvalue weighted by atomic mass is 32.2. The first-order valence-electron chi connectivity index (χ1n) is 11.3. The van der Waals surface area contributed by atoms with E-state index in [1.54, 1.807) is 30.3 Å². The Hall–Kier alpha value is -2.64. The van der Waals surface area contributed by atoms with Crippen LogP contribution in [0.15, 0.2) is 48.5 Å². The van der Waals surface area contributed by atoms with Crippen molar-refractivity contribution in [3.8, 4) is 11.1 Å². The number of hydrogen-bond donors (Lipinski definition) is 2. The predicted molar refractivity (Wildman–Crippen MR) is 121 cm³/mol. The summed E-state index contributed by atoms with van der Waals surface area (Å²) in [6.45, 7) is -0.447. The summed E-state index contributed by atoms with van der Waals surface area (Å²) in [4.78, 5) is 13.6. The van der Waals surface area contributed by atoms with Crippen molar-refractivity contribution in [1.29, 1.82) is 0 Å². The Morgan fingerprint density at radius 2 is 1.70 bits per heavy atom. The molecule has 2 aliphatic rings. The van der Waals surface area contributed by atoms with Crippen LogP contribution in [-0.2, 0) is 21.2 Å². The molecule has 2 N–H and O–H groups in total. The molecule has 1 saturated carbocycles. The largest absolute Gasteiger partial charge is 0.371 e. The van der Waals surface area contributed by atoms with Crippen molar-refractivity contribution in [2.45, 2.75) is 49.8 Å². The van der Waals surface area contributed by atoms with E-state index < -0.39 is 76.7 Å². The Bertz CT molecular complexity index is 1250. The van der Waals surface area contributed by atoms with Gasteiger partial charge in [-0.15, -0.1) is 0 Å². The number of halogens is 6. The van der Waals surface area contributed by atoms with E-state index in [1.807, 2.05) is 0 Å². The molecular weight excluding hydrogens is 526 g/mol. The zero-order chi connectivity index (χ0) is 27.2. The molecule has 1 heterocycles. The lowest BCUT2D eigenvalue weighted by molar-refractivity contribution is -0.199. The van der Waals surface area contributed by atoms with E-state index >= 15 is 4.39 Å². The third kappa shape index (κ3) is 4.96. The number of benzene rings is 2. The van der Waals surface area contributed by atoms with E-state index in [4.69, 9.17) is 0 Å². The van der Waals surface area contributed by atoms with E-state index in [-0.39, 0.29) is 24.0 Å². The SMILES string of the molecule is O=C(N1CC2(CC2)[C@H](NS(=O)(=O)CF)[C@@H]1Cc1cccc(-c2ccccc2)c1F)C(O)(C(F)F)C(F)F. The second kappa shape index (κ2) is 9.91. The first-order valence-corrected chi connectivity index (χ1v) is 13.0. The Balaban J connectivity index is 1.78. The van der Waals surface area contributed by atoms with Crippen molar-refractivity contribution in [2.24, 2.45) is 5.41 Å². The fourth-order valence-corrected chi connectivity index (χ4v) is 5.82. The second-order valence-corrected chi connectivity index (χ2v) is 11.1. The molecule has 1 amide bonds. The van der Waals surface area contributed by atoms with Gasteiger partial charge in [0.05, 0.1) is 6.04 Å². The van der Waals surface area contributed by atoms with Crippen LogP contribution in [0.3, 0.4) is 0 Å². The summed E-state index contributed by atoms with van der Waals surface area (Å²) in [7, 11) is -4.54. The highest BCUT2D eigenvalue weighted by molar-refractivity contribution is 7.89. The number of carbonyl (C=O) groups is 1. The van der Waals surface area contributed by atoms with Crippen LogP contribution in [0.4, 0.5) is 26.3 Å². The van der Waals surface area contributed by atoms with Crippen LogP contribution in [-0.4, -0.2) is 67.4 Å². The quantitative estimate of drug-likeness (QED) is 0.468. The molecule has 0 bridgehead atoms. The summed E-state index contributed by atoms with van der Waals surface area (Å²) in [6, 6.07) is 8.07. The Kier molecular flexibility index (Phi) is 7.34. The molecule has 2 atom stereocenters. The van der Waals surface area contributed by atoms with E-state index in [1.165, 1.54) is 18.2 Å². The Morgan fingerprint density at radius 1 is 1.08 bits per heavy atom. The van der Waals surface area contributed by atoms with E-state index in [0.29, 0.717) is 10.5 Å². The lowest BCUT2D eigenvalue weighted by Gasteiger charge is -2.34. The minimum absolute atomic E-state index is 0.0519. The van der Waals surface area contributed by atoms with Crippen LogP contribution in [0, 0.1) is 11.2 Å². The molecule has 6 nitrogen and oxygen atoms in total. The number of rotatable bonds is 9. The molecule has 1 spiro atoms. The minimum Gasteiger partial charge on any atom is -0.371 e. The van der Waals surface area contributed by atoms with Gasteiger partial charge in [0.25, 0.3) is 24.4 Å². The van der Waals surface area contributed by atoms with E-state index in [9.17, 15) is 40.3 Å². The van der Waals surface area contributed by atoms with Gasteiger partial charge in [0, 0.05) is 23.6 Å². The van der Waals surface area contributed by atoms with Crippen molar-refractivity contribution in [3.05, 3.63) is 59.9 Å². The maximum absolute atomic E-state index is 15.6. The van der Waals surface area contributed by atoms with Crippen LogP contribution in [0.1, 0.15) is 18.4 Å². The molecule has 2 fully saturated rings. The van der Waals surface area contributed by atoms with E-state index in [2.05, 4.69) is 4.72 Å². The lowest BCUT2D eigenvalue weighted by atomic mass is 9.91. The molecule has 13 heteroatoms. The molecule has 37 heavy (non-hydrogen) atoms. The van der Waals surface area contributed by atoms with Gasteiger partial charge in [0.1, 0.15) is 5.82 Å². The van der Waals surface area contributed by atoms with Gasteiger partial charge in [-0.25, -0.2) is 39.5 Å². The summed E-state index contributed by atoms with van der Waals surface area (Å²) in [5, 5.41) is 10.0. The van der Waals surface area contributed by atoms with Crippen molar-refractivity contribution in [1.82, 2.24) is 9.62 Å². The lowest BCUT2D eigenvalue weighted by Crippen LogP contribution is -2.60. The molecule has 4 rings (SSSR count). The van der Waals surface area contributed by atoms with Gasteiger partial charge in [0.2, 0.25) is 16.0 Å². The van der Waals surface area contributed by atoms with Crippen molar-refractivity contribution < 1.29 is 44.7 Å². The van der Waals surface area contributed by atoms with Gasteiger partial charge >= 0.3 is 0 Å². The second-order valence-electron chi connectivity index (χ2n) is 9.46. The van der Waals surface area contributed by atoms with Crippen molar-refractivity contribution >= 4 is 15.9 Å². The number of hydrogen-bond acceptors (Lipinski definition) is 4. The number of amides is 1. The summed E-state index contributed by atoms with van der Waals surface area (Å²) in [5.74, 6) is -2.75. The van der Waals surface area contributed by atoms with Gasteiger partial charge in [-0.1, -0.05) is 48.5 Å². The molecular formula is C24H24F6N2O4S. The topological polar surface area (TPSA) is 86.7 Å². The van der Waals surface area contributed by atoms with Crippen LogP contribution >= 0.6 is 0 Å². The normalized spacial score (nSPS) is 21.3. The number of aliphatic hydroxyl groups is 1. The zero-order valence-corrected chi connectivity index (χ0v) is 20.1. The maximum Gasteiger partial charge on any atom is 0.281 e. The molecule has 0 radical (unpaired) electrons. The van der Waals surface area contributed by atoms with Crippen molar-refractivity contribution in [2.75, 3.05) is 12.6 Å². The number of likely N-dealkylation sites (tertiary alicyclic amines) is 1. The number of alkyl halides is 5. The molecule has 1 aliphatic carbocycles. The van der Waals surface area contributed by atoms with Crippen LogP contribution in [0.2, 0.25) is 0 Å². The standard InChI is InChI=1S/C24H24F6N2O4S/c25-13-37(35,36)31-19-17(11-15-7-4-8-16(18(15)26)14-5-2-1-3-6-14)32(12-23(19)9-10-23)22(33)24(34,20(27)28)21(29)30/h1-8,17,19-21,31,34H,9-13H2/t17-,19+/m0/s1. The predicted octanol–water partition coefficient (Wildman–Crippen LogP) is 3.50. The first-order chi connectivity index (χ1) is 17.4. The average molecular weight is 551 g/mol. The third-order valence-electron chi connectivity index (χ3n) is 7.13. The number of carbonyl (C=O) groups excluding carboxylic acids is 1. The van der Waals surface area contributed by atoms with Gasteiger partial charge in [0.15, 0.2) is 0 Å². The smallest absolute Gasteiger partial charge is 0.281 e. The molecule has 2 aromatic carbocycles. The highest BCUT2D eigenvalue weighted by Gasteiger charge is 2.65. The van der Waals surface area contributed by atoms with Gasteiger partial charge in [-0.3, -0.25) is 4.79 Å². The Morgan fingerprint density at radius 3 is 2.24 bits per heavy atom. The molecule has 2 aromatic rings. The fourth-order valence-electron chi connectivity index (χ4n) is 4.97. The summed E-state index contributed by atoms with van der Waals surface area (Å²) >= 11 is 0. The monoisotopic (exact) mass is 550 g/mol. The van der Waals surface area contributed by atoms with Crippen molar-refractivity contribution in [3.63, 3.8) is 0 Å². The molecule has 1 saturated heterocycles. The van der Waals surface area contributed by atoms with Gasteiger partial charge in [-0.2, -0.15) is 0 Å². The average Bonchev–Trinajstić information content (AvgIpc) is 3.59. The molecule has 0 unspecified atom stereocenters. The summed E-state index contributed by atoms with van der Waals surface area (Å²) in [6.07, 6.45) is -8.23. The van der Waals surface area contributed by atoms with E-state index in [0.717, 1.165) is 0 Å². The molecule has 202 valence electrons. The van der Waals surface area contributed by atoms with Crippen LogP contribution < -0.4 is 4.72 Å². The molecule has 1 aliphatic heterocycles. The van der Waals surface area contributed by atoms with Crippen LogP contribution in [0.5, 0.6) is 0 Å². The van der Waals surface area contributed by atoms with Gasteiger partial charge < -0.3 is 10.0 Å². The zero-order valence-electron chi connectivity index (χ0n) is 19.3. The fraction of sp³-hybridized carbons (Fsp3) is 0.458. The number of nitrogens with one attached hydrogen (secondary N) is 1. The van der Waals surface area contributed by atoms with Crippen LogP contribution in [0.25, 0.3) is 11.1 Å². The number of sulfonamides is 1. The number of nitrogens with zero attached hydrogens (tertiary/aromatic N) is 1. The molecule has 0 aromatic heterocycles. The first kappa shape index (κ1) is 27.4. The summed E-state index contributed by atoms with van der Waals surface area (Å²) in [5.41, 5.74) is -4.80. The van der Waals surface area contributed by atoms with Gasteiger partial charge in [-0.05, 0) is 30.4 Å². The highest BCUT2D eigenvalue weighted by Crippen LogP contribution is 2.56. The maximum atomic E-state index is 15.6. The third-order valence-corrected chi connectivity index (χ3v) is 8.03. The minimum atomic E-state index is -4.54. The Labute approximate surface area is 209 Å².